The Hall–Kier alpha value is -3.34. The molecule has 0 aliphatic heterocycles. The molecule has 4 rings (SSSR count). The van der Waals surface area contributed by atoms with Gasteiger partial charge in [0.05, 0.1) is 25.4 Å². The van der Waals surface area contributed by atoms with Crippen molar-refractivity contribution in [1.29, 1.82) is 0 Å². The van der Waals surface area contributed by atoms with Crippen LogP contribution in [-0.2, 0) is 11.8 Å². The average Bonchev–Trinajstić information content (AvgIpc) is 2.99. The summed E-state index contributed by atoms with van der Waals surface area (Å²) in [5.74, 6) is 0.240. The van der Waals surface area contributed by atoms with Crippen molar-refractivity contribution in [2.45, 2.75) is 0 Å². The van der Waals surface area contributed by atoms with E-state index in [1.165, 1.54) is 7.11 Å². The number of rotatable bonds is 3. The summed E-state index contributed by atoms with van der Waals surface area (Å²) in [6.07, 6.45) is 0. The molecule has 0 unspecified atom stereocenters. The van der Waals surface area contributed by atoms with E-state index in [1.54, 1.807) is 13.2 Å². The molecule has 0 radical (unpaired) electrons. The smallest absolute Gasteiger partial charge is 0.356 e. The van der Waals surface area contributed by atoms with Crippen molar-refractivity contribution in [3.05, 3.63) is 60.3 Å². The predicted molar refractivity (Wildman–Crippen MR) is 102 cm³/mol. The third kappa shape index (κ3) is 2.32. The highest BCUT2D eigenvalue weighted by Crippen LogP contribution is 2.38. The lowest BCUT2D eigenvalue weighted by molar-refractivity contribution is 0.0594. The molecule has 0 aliphatic rings. The number of esters is 1. The number of methoxy groups -OCH3 is 2. The topological polar surface area (TPSA) is 53.4 Å². The van der Waals surface area contributed by atoms with Crippen LogP contribution in [0.2, 0.25) is 0 Å². The summed E-state index contributed by atoms with van der Waals surface area (Å²) in [5.41, 5.74) is 3.82. The number of nitrogens with zero attached hydrogens (tertiary/aromatic N) is 2. The van der Waals surface area contributed by atoms with Crippen LogP contribution >= 0.6 is 0 Å². The molecule has 5 heteroatoms. The maximum absolute atomic E-state index is 12.2. The summed E-state index contributed by atoms with van der Waals surface area (Å²) in [5, 5.41) is 2.02. The van der Waals surface area contributed by atoms with Crippen LogP contribution in [0, 0.1) is 0 Å². The molecule has 0 atom stereocenters. The minimum Gasteiger partial charge on any atom is -0.496 e. The highest BCUT2D eigenvalue weighted by molar-refractivity contribution is 6.13. The first kappa shape index (κ1) is 16.1. The Kier molecular flexibility index (Phi) is 3.84. The van der Waals surface area contributed by atoms with Crippen molar-refractivity contribution < 1.29 is 14.3 Å². The third-order valence-corrected chi connectivity index (χ3v) is 4.64. The number of hydrogen-bond acceptors (Lipinski definition) is 4. The van der Waals surface area contributed by atoms with Crippen molar-refractivity contribution >= 4 is 27.8 Å². The van der Waals surface area contributed by atoms with Crippen LogP contribution in [0.1, 0.15) is 10.5 Å². The molecule has 0 bridgehead atoms. The number of hydrogen-bond donors (Lipinski definition) is 0. The van der Waals surface area contributed by atoms with Crippen LogP contribution in [0.5, 0.6) is 5.75 Å². The van der Waals surface area contributed by atoms with Gasteiger partial charge in [0.1, 0.15) is 11.4 Å². The van der Waals surface area contributed by atoms with Gasteiger partial charge in [0.15, 0.2) is 0 Å². The van der Waals surface area contributed by atoms with E-state index >= 15 is 0 Å². The number of benzene rings is 2. The Morgan fingerprint density at radius 1 is 1.00 bits per heavy atom. The van der Waals surface area contributed by atoms with Crippen LogP contribution in [0.25, 0.3) is 33.1 Å². The summed E-state index contributed by atoms with van der Waals surface area (Å²) in [7, 11) is 4.99. The van der Waals surface area contributed by atoms with Crippen LogP contribution in [0.3, 0.4) is 0 Å². The second-order valence-electron chi connectivity index (χ2n) is 6.02. The van der Waals surface area contributed by atoms with Crippen molar-refractivity contribution in [1.82, 2.24) is 9.55 Å². The molecule has 2 aromatic carbocycles. The van der Waals surface area contributed by atoms with E-state index in [2.05, 4.69) is 15.6 Å². The van der Waals surface area contributed by atoms with Crippen molar-refractivity contribution in [3.8, 4) is 17.0 Å². The van der Waals surface area contributed by atoms with E-state index in [-0.39, 0.29) is 5.69 Å². The molecule has 2 heterocycles. The number of carbonyl (C=O) groups excluding carboxylic acids is 1. The minimum absolute atomic E-state index is 0.275. The van der Waals surface area contributed by atoms with Gasteiger partial charge in [0.25, 0.3) is 0 Å². The number of ether oxygens (including phenoxy) is 2. The average molecular weight is 346 g/mol. The molecule has 5 nitrogen and oxygen atoms in total. The van der Waals surface area contributed by atoms with Gasteiger partial charge in [0, 0.05) is 28.9 Å². The van der Waals surface area contributed by atoms with Gasteiger partial charge in [0.2, 0.25) is 0 Å². The first-order valence-corrected chi connectivity index (χ1v) is 8.25. The van der Waals surface area contributed by atoms with Gasteiger partial charge in [-0.25, -0.2) is 9.78 Å². The zero-order valence-corrected chi connectivity index (χ0v) is 14.8. The number of pyridine rings is 1. The molecular weight excluding hydrogens is 328 g/mol. The van der Waals surface area contributed by atoms with Gasteiger partial charge in [-0.05, 0) is 24.3 Å². The zero-order valence-electron chi connectivity index (χ0n) is 14.8. The Morgan fingerprint density at radius 3 is 2.50 bits per heavy atom. The molecular formula is C21H18N2O3. The summed E-state index contributed by atoms with van der Waals surface area (Å²) in [4.78, 5) is 16.8. The Bertz CT molecular complexity index is 1140. The van der Waals surface area contributed by atoms with Crippen molar-refractivity contribution in [2.75, 3.05) is 14.2 Å². The monoisotopic (exact) mass is 346 g/mol. The lowest BCUT2D eigenvalue weighted by atomic mass is 10.1. The molecule has 0 saturated heterocycles. The normalized spacial score (nSPS) is 11.0. The van der Waals surface area contributed by atoms with Gasteiger partial charge >= 0.3 is 5.97 Å². The molecule has 0 amide bonds. The fraction of sp³-hybridized carbons (Fsp3) is 0.143. The second-order valence-corrected chi connectivity index (χ2v) is 6.02. The maximum Gasteiger partial charge on any atom is 0.356 e. The fourth-order valence-electron chi connectivity index (χ4n) is 3.43. The number of aryl methyl sites for hydroxylation is 1. The van der Waals surface area contributed by atoms with Gasteiger partial charge in [-0.3, -0.25) is 0 Å². The first-order chi connectivity index (χ1) is 12.7. The quantitative estimate of drug-likeness (QED) is 0.522. The molecule has 130 valence electrons. The molecule has 26 heavy (non-hydrogen) atoms. The van der Waals surface area contributed by atoms with Crippen LogP contribution in [-0.4, -0.2) is 29.7 Å². The molecule has 0 fully saturated rings. The predicted octanol–water partition coefficient (Wildman–Crippen LogP) is 4.19. The van der Waals surface area contributed by atoms with Gasteiger partial charge in [-0.15, -0.1) is 0 Å². The van der Waals surface area contributed by atoms with Crippen LogP contribution < -0.4 is 4.74 Å². The fourth-order valence-corrected chi connectivity index (χ4v) is 3.43. The lowest BCUT2D eigenvalue weighted by Gasteiger charge is -2.11. The number of fused-ring (bicyclic) bond motifs is 3. The third-order valence-electron chi connectivity index (χ3n) is 4.64. The molecule has 0 aliphatic carbocycles. The Labute approximate surface area is 150 Å². The molecule has 0 N–H and O–H groups in total. The van der Waals surface area contributed by atoms with Gasteiger partial charge < -0.3 is 14.0 Å². The highest BCUT2D eigenvalue weighted by atomic mass is 16.5. The van der Waals surface area contributed by atoms with Crippen molar-refractivity contribution in [3.63, 3.8) is 0 Å². The number of carbonyl (C=O) groups is 1. The Morgan fingerprint density at radius 2 is 1.73 bits per heavy atom. The van der Waals surface area contributed by atoms with E-state index in [9.17, 15) is 4.79 Å². The van der Waals surface area contributed by atoms with Crippen LogP contribution in [0.15, 0.2) is 54.6 Å². The number of para-hydroxylation sites is 2. The summed E-state index contributed by atoms with van der Waals surface area (Å²) < 4.78 is 12.5. The van der Waals surface area contributed by atoms with E-state index in [0.29, 0.717) is 11.4 Å². The minimum atomic E-state index is -0.462. The number of aromatic nitrogens is 2. The zero-order chi connectivity index (χ0) is 18.3. The summed E-state index contributed by atoms with van der Waals surface area (Å²) >= 11 is 0. The summed E-state index contributed by atoms with van der Waals surface area (Å²) in [6, 6.07) is 17.5. The summed E-state index contributed by atoms with van der Waals surface area (Å²) in [6.45, 7) is 0. The largest absolute Gasteiger partial charge is 0.496 e. The van der Waals surface area contributed by atoms with Gasteiger partial charge in [-0.2, -0.15) is 0 Å². The second kappa shape index (κ2) is 6.19. The van der Waals surface area contributed by atoms with E-state index in [4.69, 9.17) is 9.47 Å². The Balaban J connectivity index is 2.18. The molecule has 4 aromatic rings. The highest BCUT2D eigenvalue weighted by Gasteiger charge is 2.20. The maximum atomic E-state index is 12.2. The molecule has 2 aromatic heterocycles. The first-order valence-electron chi connectivity index (χ1n) is 8.25. The lowest BCUT2D eigenvalue weighted by Crippen LogP contribution is -2.06. The van der Waals surface area contributed by atoms with E-state index < -0.39 is 5.97 Å². The molecule has 0 spiro atoms. The van der Waals surface area contributed by atoms with Gasteiger partial charge in [-0.1, -0.05) is 30.3 Å². The van der Waals surface area contributed by atoms with E-state index in [0.717, 1.165) is 27.4 Å². The van der Waals surface area contributed by atoms with E-state index in [1.807, 2.05) is 49.5 Å². The molecule has 0 saturated carbocycles. The van der Waals surface area contributed by atoms with Crippen LogP contribution in [0.4, 0.5) is 0 Å². The SMILES string of the molecule is COC(=O)c1cc2c3ccccc3n(C)c2c(-c2ccccc2OC)n1. The standard InChI is InChI=1S/C21H18N2O3/c1-23-17-10-6-4-8-13(17)15-12-16(21(24)26-3)22-19(20(15)23)14-9-5-7-11-18(14)25-2/h4-12H,1-3H3. The van der Waals surface area contributed by atoms with Crippen molar-refractivity contribution in [2.24, 2.45) is 7.05 Å².